The predicted octanol–water partition coefficient (Wildman–Crippen LogP) is 17.3. The molecule has 20 heteroatoms. The van der Waals surface area contributed by atoms with E-state index in [1.165, 1.54) is 57.5 Å². The molecular weight excluding hydrogens is 1120 g/mol. The minimum absolute atomic E-state index is 0.0487. The maximum atomic E-state index is 12.0. The SMILES string of the molecule is CC(C)(C)OC(=O)COc1ccc([S+](c2ccccc2)c2ccccc2)cc1.CC(F)(F)C(F)(F)C(F)(F)C(F)(F)F.CCC12CCC(CC1=O)C2(C)C.CCCc1ccc(S(=O)(=O)O)cc1.Fc1ccccc1.Fc1ccccc1. The first-order valence-electron chi connectivity index (χ1n) is 25.5. The Hall–Kier alpha value is -6.25. The molecule has 0 amide bonds. The molecule has 2 fully saturated rings. The zero-order valence-electron chi connectivity index (χ0n) is 46.1. The summed E-state index contributed by atoms with van der Waals surface area (Å²) in [6.45, 7) is 13.5. The van der Waals surface area contributed by atoms with Crippen LogP contribution in [-0.2, 0) is 41.8 Å². The second kappa shape index (κ2) is 29.6. The van der Waals surface area contributed by atoms with Crippen LogP contribution in [0.15, 0.2) is 189 Å². The maximum absolute atomic E-state index is 12.0. The summed E-state index contributed by atoms with van der Waals surface area (Å²) in [5.41, 5.74) is 0.926. The number of hydrogen-bond donors (Lipinski definition) is 1. The Bertz CT molecular complexity index is 2840. The van der Waals surface area contributed by atoms with Gasteiger partial charge in [0.2, 0.25) is 0 Å². The molecule has 0 spiro atoms. The summed E-state index contributed by atoms with van der Waals surface area (Å²) in [5, 5.41) is 0. The molecule has 0 aromatic heterocycles. The van der Waals surface area contributed by atoms with Crippen LogP contribution in [-0.4, -0.2) is 60.9 Å². The molecular formula is C61H68F11O7S2+. The summed E-state index contributed by atoms with van der Waals surface area (Å²) in [6, 6.07) is 51.0. The fourth-order valence-corrected chi connectivity index (χ4v) is 11.3. The summed E-state index contributed by atoms with van der Waals surface area (Å²) >= 11 is 0. The number of esters is 1. The van der Waals surface area contributed by atoms with Crippen LogP contribution in [0.1, 0.15) is 93.1 Å². The Labute approximate surface area is 470 Å². The summed E-state index contributed by atoms with van der Waals surface area (Å²) in [5.74, 6) is -17.5. The Morgan fingerprint density at radius 3 is 1.33 bits per heavy atom. The average Bonchev–Trinajstić information content (AvgIpc) is 3.57. The lowest BCUT2D eigenvalue weighted by Gasteiger charge is -2.35. The van der Waals surface area contributed by atoms with Gasteiger partial charge >= 0.3 is 29.9 Å². The van der Waals surface area contributed by atoms with E-state index in [0.717, 1.165) is 37.7 Å². The van der Waals surface area contributed by atoms with Crippen molar-refractivity contribution >= 4 is 32.8 Å². The number of rotatable bonds is 12. The number of Topliss-reactive ketones (excluding diaryl/α,β-unsaturated/α-hetero) is 1. The summed E-state index contributed by atoms with van der Waals surface area (Å²) < 4.78 is 170. The van der Waals surface area contributed by atoms with E-state index in [4.69, 9.17) is 14.0 Å². The third-order valence-corrected chi connectivity index (χ3v) is 16.2. The van der Waals surface area contributed by atoms with Crippen LogP contribution >= 0.6 is 0 Å². The van der Waals surface area contributed by atoms with Gasteiger partial charge in [-0.25, -0.2) is 13.6 Å². The summed E-state index contributed by atoms with van der Waals surface area (Å²) in [4.78, 5) is 27.3. The summed E-state index contributed by atoms with van der Waals surface area (Å²) in [7, 11) is -4.23. The lowest BCUT2D eigenvalue weighted by Crippen LogP contribution is -2.59. The highest BCUT2D eigenvalue weighted by Crippen LogP contribution is 2.65. The highest BCUT2D eigenvalue weighted by Gasteiger charge is 2.80. The quantitative estimate of drug-likeness (QED) is 0.0563. The zero-order valence-corrected chi connectivity index (χ0v) is 47.7. The van der Waals surface area contributed by atoms with Crippen molar-refractivity contribution < 1.29 is 80.3 Å². The van der Waals surface area contributed by atoms with Crippen molar-refractivity contribution in [2.24, 2.45) is 16.7 Å². The number of aryl methyl sites for hydroxylation is 1. The van der Waals surface area contributed by atoms with Gasteiger partial charge in [-0.1, -0.05) is 119 Å². The molecule has 2 bridgehead atoms. The molecule has 6 aromatic carbocycles. The van der Waals surface area contributed by atoms with E-state index in [1.54, 1.807) is 48.5 Å². The molecule has 0 radical (unpaired) electrons. The first-order chi connectivity index (χ1) is 37.5. The topological polar surface area (TPSA) is 107 Å². The van der Waals surface area contributed by atoms with Gasteiger partial charge in [-0.2, -0.15) is 47.9 Å². The molecule has 6 aromatic rings. The number of halogens is 11. The normalized spacial score (nSPS) is 16.5. The minimum atomic E-state index is -6.77. The van der Waals surface area contributed by atoms with Crippen molar-refractivity contribution in [2.45, 2.75) is 143 Å². The van der Waals surface area contributed by atoms with Crippen molar-refractivity contribution in [1.82, 2.24) is 0 Å². The second-order valence-electron chi connectivity index (χ2n) is 20.3. The van der Waals surface area contributed by atoms with Gasteiger partial charge in [-0.3, -0.25) is 9.35 Å². The Kier molecular flexibility index (Phi) is 25.3. The van der Waals surface area contributed by atoms with Crippen molar-refractivity contribution in [3.8, 4) is 5.75 Å². The molecule has 0 heterocycles. The molecule has 8 rings (SSSR count). The molecule has 2 aliphatic rings. The van der Waals surface area contributed by atoms with E-state index in [9.17, 15) is 66.3 Å². The van der Waals surface area contributed by atoms with Crippen LogP contribution in [0.4, 0.5) is 48.3 Å². The number of ether oxygens (including phenoxy) is 2. The maximum Gasteiger partial charge on any atom is 0.460 e. The van der Waals surface area contributed by atoms with E-state index in [-0.39, 0.29) is 45.4 Å². The number of fused-ring (bicyclic) bond motifs is 2. The van der Waals surface area contributed by atoms with Crippen molar-refractivity contribution in [3.05, 3.63) is 187 Å². The van der Waals surface area contributed by atoms with Gasteiger partial charge in [-0.05, 0) is 148 Å². The van der Waals surface area contributed by atoms with Gasteiger partial charge in [0.15, 0.2) is 21.3 Å². The molecule has 442 valence electrons. The Balaban J connectivity index is 0.000000276. The van der Waals surface area contributed by atoms with Crippen LogP contribution in [0, 0.1) is 28.4 Å². The van der Waals surface area contributed by atoms with Crippen molar-refractivity contribution in [1.29, 1.82) is 0 Å². The largest absolute Gasteiger partial charge is 0.482 e. The smallest absolute Gasteiger partial charge is 0.460 e. The lowest BCUT2D eigenvalue weighted by molar-refractivity contribution is -0.393. The monoisotopic (exact) mass is 1190 g/mol. The highest BCUT2D eigenvalue weighted by atomic mass is 32.2. The lowest BCUT2D eigenvalue weighted by atomic mass is 9.67. The average molecular weight is 1190 g/mol. The predicted molar refractivity (Wildman–Crippen MR) is 291 cm³/mol. The van der Waals surface area contributed by atoms with Crippen LogP contribution < -0.4 is 4.74 Å². The van der Waals surface area contributed by atoms with E-state index in [1.807, 2.05) is 45.0 Å². The van der Waals surface area contributed by atoms with Crippen molar-refractivity contribution in [2.75, 3.05) is 6.61 Å². The molecule has 0 saturated heterocycles. The third-order valence-electron chi connectivity index (χ3n) is 13.1. The second-order valence-corrected chi connectivity index (χ2v) is 23.7. The van der Waals surface area contributed by atoms with Crippen molar-refractivity contribution in [3.63, 3.8) is 0 Å². The van der Waals surface area contributed by atoms with Gasteiger partial charge in [0.1, 0.15) is 28.8 Å². The number of carbonyl (C=O) groups excluding carboxylic acids is 2. The van der Waals surface area contributed by atoms with Gasteiger partial charge in [-0.15, -0.1) is 0 Å². The van der Waals surface area contributed by atoms with E-state index in [0.29, 0.717) is 22.9 Å². The number of alkyl halides is 9. The zero-order chi connectivity index (χ0) is 61.1. The molecule has 1 N–H and O–H groups in total. The molecule has 2 saturated carbocycles. The molecule has 2 aliphatic carbocycles. The van der Waals surface area contributed by atoms with E-state index in [2.05, 4.69) is 88.4 Å². The van der Waals surface area contributed by atoms with Crippen LogP contribution in [0.3, 0.4) is 0 Å². The number of ketones is 1. The molecule has 2 atom stereocenters. The number of hydrogen-bond acceptors (Lipinski definition) is 6. The highest BCUT2D eigenvalue weighted by molar-refractivity contribution is 7.97. The third kappa shape index (κ3) is 20.0. The van der Waals surface area contributed by atoms with Crippen LogP contribution in [0.2, 0.25) is 0 Å². The number of benzene rings is 6. The molecule has 0 aliphatic heterocycles. The molecule has 2 unspecified atom stereocenters. The molecule has 81 heavy (non-hydrogen) atoms. The fourth-order valence-electron chi connectivity index (χ4n) is 8.71. The van der Waals surface area contributed by atoms with Gasteiger partial charge < -0.3 is 9.47 Å². The standard InChI is InChI=1S/C24H25O3S.C11H18O.C9H12O3S.2C6H5F.C5H3F9/c1-24(2,3)27-23(25)18-26-19-14-16-22(17-15-19)28(20-10-6-4-7-11-20)21-12-8-5-9-13-21;1-4-11-6-5-8(7-9(11)12)10(11,2)3;1-2-3-8-4-6-9(7-5-8)13(10,11)12;2*7-6-4-2-1-3-5-6;1-2(6,7)3(8,9)4(10,11)5(12,13)14/h4-17H,18H2,1-3H3;8H,4-7H2,1-3H3;4-7H,2-3H2,1H3,(H,10,11,12);2*1-5H;1H3/q+1;;;;;. The Morgan fingerprint density at radius 1 is 0.630 bits per heavy atom. The van der Waals surface area contributed by atoms with Gasteiger partial charge in [0.05, 0.1) is 15.8 Å². The van der Waals surface area contributed by atoms with Crippen LogP contribution in [0.25, 0.3) is 0 Å². The molecule has 7 nitrogen and oxygen atoms in total. The van der Waals surface area contributed by atoms with Crippen LogP contribution in [0.5, 0.6) is 5.75 Å². The first kappa shape index (κ1) is 69.0. The fraction of sp³-hybridized carbons (Fsp3) is 0.377. The minimum Gasteiger partial charge on any atom is -0.482 e. The first-order valence-corrected chi connectivity index (χ1v) is 28.2. The van der Waals surface area contributed by atoms with E-state index >= 15 is 0 Å². The van der Waals surface area contributed by atoms with Gasteiger partial charge in [0, 0.05) is 18.8 Å². The number of carbonyl (C=O) groups is 2. The van der Waals surface area contributed by atoms with Gasteiger partial charge in [0.25, 0.3) is 10.1 Å². The summed E-state index contributed by atoms with van der Waals surface area (Å²) in [6.07, 6.45) is -0.435. The Morgan fingerprint density at radius 2 is 1.05 bits per heavy atom. The van der Waals surface area contributed by atoms with E-state index < -0.39 is 46.6 Å².